The number of hydrogen-bond acceptors (Lipinski definition) is 13. The van der Waals surface area contributed by atoms with Gasteiger partial charge in [-0.1, -0.05) is 122 Å². The zero-order chi connectivity index (χ0) is 49.8. The van der Waals surface area contributed by atoms with Crippen LogP contribution in [0.25, 0.3) is 0 Å². The molecule has 3 aromatic carbocycles. The Bertz CT molecular complexity index is 1980. The number of ether oxygens (including phenoxy) is 6. The second-order valence-electron chi connectivity index (χ2n) is 16.5. The number of rotatable bonds is 15. The molecule has 65 heavy (non-hydrogen) atoms. The van der Waals surface area contributed by atoms with E-state index in [0.717, 1.165) is 27.8 Å². The molecule has 0 aliphatic rings. The van der Waals surface area contributed by atoms with Gasteiger partial charge in [0, 0.05) is 0 Å². The Morgan fingerprint density at radius 3 is 1.34 bits per heavy atom. The molecule has 0 spiro atoms. The van der Waals surface area contributed by atoms with Crippen molar-refractivity contribution in [2.75, 3.05) is 13.2 Å². The molecule has 2 atom stereocenters. The summed E-state index contributed by atoms with van der Waals surface area (Å²) in [6.07, 6.45) is -7.86. The number of hydrogen-bond donors (Lipinski definition) is 4. The van der Waals surface area contributed by atoms with Crippen molar-refractivity contribution in [3.8, 4) is 11.5 Å². The van der Waals surface area contributed by atoms with Gasteiger partial charge in [-0.25, -0.2) is 24.0 Å². The smallest absolute Gasteiger partial charge is 0.480 e. The SMILES string of the molecule is CC(C)c1cccc(C(C)C)c1OC(=O)OC[C@H](N)C(=O)O.CC(C)c1cccc(C(C)C)c1OC(=O)OC[C@H](NC(=O)OC(C)(C)C)C(=O)OCc1ccccc1.O=C(O)C(F)(F)F. The molecule has 5 N–H and O–H groups in total. The van der Waals surface area contributed by atoms with Crippen LogP contribution in [0.2, 0.25) is 0 Å². The molecule has 19 heteroatoms. The molecule has 0 heterocycles. The zero-order valence-corrected chi connectivity index (χ0v) is 38.4. The van der Waals surface area contributed by atoms with E-state index < -0.39 is 73.4 Å². The number of carbonyl (C=O) groups is 6. The van der Waals surface area contributed by atoms with Crippen LogP contribution >= 0.6 is 0 Å². The number of alkyl halides is 3. The van der Waals surface area contributed by atoms with E-state index in [-0.39, 0.29) is 30.3 Å². The first kappa shape index (κ1) is 56.6. The van der Waals surface area contributed by atoms with E-state index in [0.29, 0.717) is 11.5 Å². The Kier molecular flexibility index (Phi) is 23.0. The van der Waals surface area contributed by atoms with Crippen molar-refractivity contribution in [2.24, 2.45) is 5.73 Å². The zero-order valence-electron chi connectivity index (χ0n) is 38.4. The number of para-hydroxylation sites is 2. The Labute approximate surface area is 376 Å². The number of aliphatic carboxylic acids is 2. The van der Waals surface area contributed by atoms with Crippen LogP contribution in [0.15, 0.2) is 66.7 Å². The highest BCUT2D eigenvalue weighted by atomic mass is 19.4. The monoisotopic (exact) mass is 922 g/mol. The average Bonchev–Trinajstić information content (AvgIpc) is 3.20. The van der Waals surface area contributed by atoms with Crippen molar-refractivity contribution in [2.45, 2.75) is 130 Å². The lowest BCUT2D eigenvalue weighted by Crippen LogP contribution is -2.47. The summed E-state index contributed by atoms with van der Waals surface area (Å²) in [6, 6.07) is 17.9. The number of halogens is 3. The summed E-state index contributed by atoms with van der Waals surface area (Å²) >= 11 is 0. The molecule has 3 aromatic rings. The van der Waals surface area contributed by atoms with Crippen molar-refractivity contribution < 1.29 is 80.6 Å². The van der Waals surface area contributed by atoms with Gasteiger partial charge >= 0.3 is 42.5 Å². The second-order valence-corrected chi connectivity index (χ2v) is 16.5. The molecule has 0 unspecified atom stereocenters. The Balaban J connectivity index is 0.000000615. The summed E-state index contributed by atoms with van der Waals surface area (Å²) < 4.78 is 63.2. The van der Waals surface area contributed by atoms with Gasteiger partial charge in [0.2, 0.25) is 0 Å². The molecule has 0 saturated carbocycles. The van der Waals surface area contributed by atoms with Gasteiger partial charge in [0.1, 0.15) is 43.0 Å². The van der Waals surface area contributed by atoms with Gasteiger partial charge in [0.25, 0.3) is 0 Å². The summed E-state index contributed by atoms with van der Waals surface area (Å²) in [4.78, 5) is 69.0. The number of amides is 1. The summed E-state index contributed by atoms with van der Waals surface area (Å²) in [7, 11) is 0. The molecular formula is C46H61F3N2O14. The summed E-state index contributed by atoms with van der Waals surface area (Å²) in [6.45, 7) is 20.2. The van der Waals surface area contributed by atoms with Crippen LogP contribution < -0.4 is 20.5 Å². The minimum absolute atomic E-state index is 0.00384. The number of carboxylic acids is 2. The number of benzene rings is 3. The van der Waals surface area contributed by atoms with E-state index >= 15 is 0 Å². The molecule has 16 nitrogen and oxygen atoms in total. The fraction of sp³-hybridized carbons (Fsp3) is 0.478. The van der Waals surface area contributed by atoms with Gasteiger partial charge in [-0.3, -0.25) is 4.79 Å². The van der Waals surface area contributed by atoms with Gasteiger partial charge < -0.3 is 49.7 Å². The van der Waals surface area contributed by atoms with Crippen LogP contribution in [0.3, 0.4) is 0 Å². The lowest BCUT2D eigenvalue weighted by Gasteiger charge is -2.23. The van der Waals surface area contributed by atoms with Crippen LogP contribution in [0.1, 0.15) is 128 Å². The van der Waals surface area contributed by atoms with Crippen molar-refractivity contribution >= 4 is 36.3 Å². The number of carboxylic acid groups (broad SMARTS) is 2. The van der Waals surface area contributed by atoms with E-state index in [1.54, 1.807) is 32.9 Å². The van der Waals surface area contributed by atoms with Crippen LogP contribution in [-0.2, 0) is 39.9 Å². The van der Waals surface area contributed by atoms with E-state index in [4.69, 9.17) is 49.2 Å². The van der Waals surface area contributed by atoms with Gasteiger partial charge in [0.15, 0.2) is 6.04 Å². The van der Waals surface area contributed by atoms with Gasteiger partial charge in [-0.05, 0) is 72.3 Å². The average molecular weight is 923 g/mol. The standard InChI is InChI=1S/C28H37NO7.C16H23NO5.C2HF3O2/c1-18(2)21-14-11-15-22(19(3)4)24(21)35-27(32)34-17-23(29-26(31)36-28(5,6)7)25(30)33-16-20-12-9-8-10-13-20;1-9(2)11-6-5-7-12(10(3)4)14(11)22-16(20)21-8-13(17)15(18)19;3-2(4,5)1(6)7/h8-15,18-19,23H,16-17H2,1-7H3,(H,29,31);5-7,9-10,13H,8,17H2,1-4H3,(H,18,19);(H,6,7)/t23-;13-;/m00./s1. The van der Waals surface area contributed by atoms with Crippen LogP contribution in [-0.4, -0.2) is 83.6 Å². The number of nitrogens with two attached hydrogens (primary N) is 1. The molecule has 360 valence electrons. The van der Waals surface area contributed by atoms with Crippen molar-refractivity contribution in [1.29, 1.82) is 0 Å². The summed E-state index contributed by atoms with van der Waals surface area (Å²) in [5, 5.41) is 18.2. The predicted octanol–water partition coefficient (Wildman–Crippen LogP) is 9.58. The highest BCUT2D eigenvalue weighted by Gasteiger charge is 2.38. The lowest BCUT2D eigenvalue weighted by molar-refractivity contribution is -0.192. The van der Waals surface area contributed by atoms with E-state index in [1.165, 1.54) is 0 Å². The highest BCUT2D eigenvalue weighted by molar-refractivity contribution is 5.82. The normalized spacial score (nSPS) is 12.1. The Hall–Kier alpha value is -6.37. The largest absolute Gasteiger partial charge is 0.513 e. The van der Waals surface area contributed by atoms with Crippen LogP contribution in [0.4, 0.5) is 27.6 Å². The third kappa shape index (κ3) is 21.2. The molecule has 0 aliphatic heterocycles. The van der Waals surface area contributed by atoms with Gasteiger partial charge in [-0.15, -0.1) is 0 Å². The molecule has 0 aliphatic carbocycles. The fourth-order valence-electron chi connectivity index (χ4n) is 5.26. The molecule has 0 fully saturated rings. The lowest BCUT2D eigenvalue weighted by atomic mass is 9.94. The topological polar surface area (TPSA) is 236 Å². The highest BCUT2D eigenvalue weighted by Crippen LogP contribution is 2.36. The number of esters is 1. The van der Waals surface area contributed by atoms with E-state index in [1.807, 2.05) is 110 Å². The molecule has 3 rings (SSSR count). The van der Waals surface area contributed by atoms with Crippen molar-refractivity contribution in [3.05, 3.63) is 94.5 Å². The predicted molar refractivity (Wildman–Crippen MR) is 232 cm³/mol. The van der Waals surface area contributed by atoms with Crippen LogP contribution in [0.5, 0.6) is 11.5 Å². The fourth-order valence-corrected chi connectivity index (χ4v) is 5.26. The van der Waals surface area contributed by atoms with E-state index in [9.17, 15) is 37.1 Å². The minimum atomic E-state index is -5.08. The molecule has 0 aromatic heterocycles. The third-order valence-electron chi connectivity index (χ3n) is 8.52. The molecule has 0 bridgehead atoms. The quantitative estimate of drug-likeness (QED) is 0.0631. The van der Waals surface area contributed by atoms with Crippen molar-refractivity contribution in [3.63, 3.8) is 0 Å². The van der Waals surface area contributed by atoms with Gasteiger partial charge in [0.05, 0.1) is 0 Å². The summed E-state index contributed by atoms with van der Waals surface area (Å²) in [5.74, 6) is -3.29. The maximum Gasteiger partial charge on any atom is 0.513 e. The first-order valence-corrected chi connectivity index (χ1v) is 20.5. The maximum atomic E-state index is 12.8. The second kappa shape index (κ2) is 26.4. The third-order valence-corrected chi connectivity index (χ3v) is 8.52. The van der Waals surface area contributed by atoms with Crippen molar-refractivity contribution in [1.82, 2.24) is 5.32 Å². The Morgan fingerprint density at radius 2 is 1.00 bits per heavy atom. The number of alkyl carbamates (subject to hydrolysis) is 1. The summed E-state index contributed by atoms with van der Waals surface area (Å²) in [5.41, 5.74) is 8.79. The Morgan fingerprint density at radius 1 is 0.615 bits per heavy atom. The first-order valence-electron chi connectivity index (χ1n) is 20.5. The van der Waals surface area contributed by atoms with E-state index in [2.05, 4.69) is 5.32 Å². The van der Waals surface area contributed by atoms with Crippen LogP contribution in [0, 0.1) is 0 Å². The molecule has 1 amide bonds. The maximum absolute atomic E-state index is 12.8. The molecular weight excluding hydrogens is 862 g/mol. The van der Waals surface area contributed by atoms with Gasteiger partial charge in [-0.2, -0.15) is 13.2 Å². The number of nitrogens with one attached hydrogen (secondary N) is 1. The molecule has 0 radical (unpaired) electrons. The number of carbonyl (C=O) groups excluding carboxylic acids is 4. The first-order chi connectivity index (χ1) is 30.0. The minimum Gasteiger partial charge on any atom is -0.480 e. The molecule has 0 saturated heterocycles.